The van der Waals surface area contributed by atoms with Gasteiger partial charge in [0.05, 0.1) is 18.3 Å². The summed E-state index contributed by atoms with van der Waals surface area (Å²) in [7, 11) is 99.7. The normalized spacial score (nSPS) is 32.4. The Kier molecular flexibility index (Phi) is 34.5. The zero-order valence-electron chi connectivity index (χ0n) is 60.5. The molecule has 0 aliphatic heterocycles. The Morgan fingerprint density at radius 2 is 0.778 bits per heavy atom. The third-order valence-electron chi connectivity index (χ3n) is 26.7. The van der Waals surface area contributed by atoms with Crippen LogP contribution < -0.4 is 0 Å². The fraction of sp³-hybridized carbons (Fsp3) is 0.754. The summed E-state index contributed by atoms with van der Waals surface area (Å²) < 4.78 is 51.3. The predicted molar refractivity (Wildman–Crippen MR) is 444 cm³/mol. The van der Waals surface area contributed by atoms with Crippen LogP contribution in [0.1, 0.15) is 176 Å². The Hall–Kier alpha value is 0.374. The second-order valence-corrected chi connectivity index (χ2v) is 32.6. The minimum absolute atomic E-state index is 0. The number of ketones is 1. The van der Waals surface area contributed by atoms with Gasteiger partial charge in [0, 0.05) is 255 Å². The zero-order valence-corrected chi connectivity index (χ0v) is 62.6. The Labute approximate surface area is 650 Å². The van der Waals surface area contributed by atoms with Gasteiger partial charge < -0.3 is 11.6 Å². The molecule has 8 fully saturated rings. The van der Waals surface area contributed by atoms with Crippen molar-refractivity contribution < 1.29 is 43.6 Å². The first-order valence-corrected chi connectivity index (χ1v) is 35.2. The molecule has 0 bridgehead atoms. The van der Waals surface area contributed by atoms with Crippen molar-refractivity contribution in [3.8, 4) is 0 Å². The van der Waals surface area contributed by atoms with Crippen LogP contribution in [0.3, 0.4) is 0 Å². The van der Waals surface area contributed by atoms with Crippen molar-refractivity contribution in [2.75, 3.05) is 14.2 Å². The number of amides is 1. The van der Waals surface area contributed by atoms with E-state index < -0.39 is 124 Å². The van der Waals surface area contributed by atoms with E-state index in [-0.39, 0.29) is 88.8 Å². The number of hydrogen-bond donors (Lipinski definition) is 2. The predicted octanol–water partition coefficient (Wildman–Crippen LogP) is 2.26. The van der Waals surface area contributed by atoms with Crippen molar-refractivity contribution in [3.63, 3.8) is 0 Å². The Balaban J connectivity index is 0.000000362. The van der Waals surface area contributed by atoms with Crippen molar-refractivity contribution in [1.82, 2.24) is 5.06 Å². The second-order valence-electron chi connectivity index (χ2n) is 32.6. The smallest absolute Gasteiger partial charge is 1.00 e. The molecule has 0 heterocycles. The Bertz CT molecular complexity index is 2800. The monoisotopic (exact) mass is 1370 g/mol. The van der Waals surface area contributed by atoms with Gasteiger partial charge in [0.15, 0.2) is 5.78 Å². The number of nitrogens with zero attached hydrogens (tertiary/aromatic N) is 1. The van der Waals surface area contributed by atoms with Crippen molar-refractivity contribution in [1.29, 1.82) is 0 Å². The molecule has 6 nitrogen and oxygen atoms in total. The fourth-order valence-electron chi connectivity index (χ4n) is 21.9. The van der Waals surface area contributed by atoms with E-state index in [9.17, 15) is 37.4 Å². The summed E-state index contributed by atoms with van der Waals surface area (Å²) in [6.07, 6.45) is 5.89. The van der Waals surface area contributed by atoms with Crippen LogP contribution in [0.25, 0.3) is 0 Å². The maximum Gasteiger partial charge on any atom is 2.00 e. The van der Waals surface area contributed by atoms with E-state index in [1.54, 1.807) is 14.2 Å². The van der Waals surface area contributed by atoms with Crippen LogP contribution in [-0.2, 0) is 9.63 Å². The van der Waals surface area contributed by atoms with Crippen molar-refractivity contribution in [2.45, 2.75) is 176 Å². The summed E-state index contributed by atoms with van der Waals surface area (Å²) in [5.74, 6) is 2.83. The van der Waals surface area contributed by atoms with Gasteiger partial charge in [-0.15, -0.1) is 35.2 Å². The molecule has 0 unspecified atom stereocenters. The molecular weight excluding hydrogens is 1280 g/mol. The maximum atomic E-state index is 13.8. The SMILES string of the molecule is Br.C.CON(C)C(=O)[C@H]1CC[C@H]2[C@@H]3CC[C@H]4C[C@](C)(O)CC[C@]4(C)[C@H]3CC[C@]12C.C[C@@]1(O)CC[C@@]2(C)[C@@H](CC[C@@H]3[C@@H]2CC[C@]2(C)[C@@H](C(=O)c4cc(F)cc(F)c4)CC[C@@H]32)C1.Fc1c[c-]cc(F)c1.[B]B([B])B(B([B])[B])B(B(B([B])[B])B([B])[B])B(B(B([B])[B])B([B])[B])B(B([B])[B])B([B])[B].[H-].[Mg+2]. The van der Waals surface area contributed by atoms with Crippen LogP contribution in [0.4, 0.5) is 17.6 Å². The maximum absolute atomic E-state index is 13.8. The summed E-state index contributed by atoms with van der Waals surface area (Å²) in [6.45, 7) is 13.7. The number of Topliss-reactive ketones (excluding diaryl/α,β-unsaturated/α-hetero) is 1. The minimum Gasteiger partial charge on any atom is -1.00 e. The van der Waals surface area contributed by atoms with Gasteiger partial charge in [-0.25, -0.2) is 13.8 Å². The van der Waals surface area contributed by atoms with Crippen LogP contribution >= 0.6 is 17.0 Å². The van der Waals surface area contributed by atoms with Gasteiger partial charge in [-0.2, -0.15) is 6.07 Å². The second kappa shape index (κ2) is 37.2. The van der Waals surface area contributed by atoms with E-state index in [0.29, 0.717) is 46.3 Å². The minimum atomic E-state index is -1.07. The number of benzene rings is 2. The van der Waals surface area contributed by atoms with Gasteiger partial charge in [0.25, 0.3) is 0 Å². The topological polar surface area (TPSA) is 87.1 Å². The summed E-state index contributed by atoms with van der Waals surface area (Å²) in [6, 6.07) is 8.47. The molecule has 8 saturated carbocycles. The van der Waals surface area contributed by atoms with Gasteiger partial charge in [-0.05, 0) is 211 Å². The molecular formula is C57H84B30BrF4MgNO5. The Morgan fingerprint density at radius 1 is 0.465 bits per heavy atom. The number of hydrogen-bond acceptors (Lipinski definition) is 5. The van der Waals surface area contributed by atoms with E-state index in [2.05, 4.69) is 33.8 Å². The number of hydroxylamine groups is 2. The van der Waals surface area contributed by atoms with Gasteiger partial charge in [0.2, 0.25) is 5.91 Å². The van der Waals surface area contributed by atoms with E-state index in [1.807, 2.05) is 13.8 Å². The molecule has 2 aromatic rings. The molecule has 0 aromatic heterocycles. The van der Waals surface area contributed by atoms with Crippen molar-refractivity contribution >= 4 is 265 Å². The van der Waals surface area contributed by atoms with Crippen LogP contribution in [0.5, 0.6) is 0 Å². The summed E-state index contributed by atoms with van der Waals surface area (Å²) in [4.78, 5) is 31.5. The molecule has 1 amide bonds. The molecule has 0 spiro atoms. The number of carbonyl (C=O) groups excluding carboxylic acids is 2. The molecule has 8 aliphatic rings. The standard InChI is InChI=1S/C27H36F2O2.C23H39NO3.C6H3F2.CH4.B30.BrH.Mg.H/c1-25(31)10-11-26(2)17(15-25)4-5-20-21-6-7-23(27(21,3)9-8-22(20)26)24(30)16-12-18(28)14-19(29)13-16;1-21(26)12-13-22(2)15(14-21)6-7-16-17-8-9-19(20(25)24(4)27-5)23(17,3)11-10-18(16)22;7-5-2-1-3-6(8)4-5;;1-17(2)25(18(3)4)29(26(19(5)6)20(7)8)30(27(21(9)10)22(11)12)28(23(13)14)24(15)16;;;/h12-14,17,20-23,31H,4-11,15H2,1-3H3;15-19,26H,6-14H2,1-5H3;2-4H;1H4;;1H;;/q;;-1;;;;+2;-1/t17-,20-,21-,22-,23+,25+,26-,27-;15-,16-,17-,18-,19+,21+,22-,23-;;;;;;/m00....../s1. The quantitative estimate of drug-likeness (QED) is 0.0837. The first kappa shape index (κ1) is 91.8. The molecule has 99 heavy (non-hydrogen) atoms. The average molecular weight is 1370 g/mol. The molecule has 10 rings (SSSR count). The number of rotatable bonds is 17. The van der Waals surface area contributed by atoms with Gasteiger partial charge in [-0.1, -0.05) is 35.1 Å². The summed E-state index contributed by atoms with van der Waals surface area (Å²) >= 11 is 0. The van der Waals surface area contributed by atoms with Gasteiger partial charge in [-0.3, -0.25) is 23.2 Å². The number of carbonyl (C=O) groups is 2. The number of aliphatic hydroxyl groups is 2. The van der Waals surface area contributed by atoms with Crippen LogP contribution in [0, 0.1) is 110 Å². The first-order chi connectivity index (χ1) is 44.5. The van der Waals surface area contributed by atoms with E-state index in [0.717, 1.165) is 100 Å². The van der Waals surface area contributed by atoms with Crippen LogP contribution in [-0.4, -0.2) is 289 Å². The van der Waals surface area contributed by atoms with E-state index >= 15 is 0 Å². The van der Waals surface area contributed by atoms with Crippen molar-refractivity contribution in [3.05, 3.63) is 71.3 Å². The molecule has 32 radical (unpaired) electrons. The van der Waals surface area contributed by atoms with E-state index in [1.165, 1.54) is 68.6 Å². The molecule has 2 N–H and O–H groups in total. The third kappa shape index (κ3) is 20.3. The zero-order chi connectivity index (χ0) is 71.9. The molecule has 0 saturated heterocycles. The molecule has 8 aliphatic carbocycles. The molecule has 2 aromatic carbocycles. The number of halogens is 5. The van der Waals surface area contributed by atoms with Gasteiger partial charge >= 0.3 is 23.1 Å². The van der Waals surface area contributed by atoms with Crippen LogP contribution in [0.15, 0.2) is 36.4 Å². The fourth-order valence-corrected chi connectivity index (χ4v) is 21.9. The largest absolute Gasteiger partial charge is 2.00 e. The molecule has 16 atom stereocenters. The summed E-state index contributed by atoms with van der Waals surface area (Å²) in [5.41, 5.74) is -0.0605. The van der Waals surface area contributed by atoms with Crippen LogP contribution in [0.2, 0.25) is 0 Å². The van der Waals surface area contributed by atoms with Crippen molar-refractivity contribution in [2.24, 2.45) is 80.8 Å². The molecule has 42 heteroatoms. The van der Waals surface area contributed by atoms with Gasteiger partial charge in [0.1, 0.15) is 11.6 Å². The Morgan fingerprint density at radius 3 is 1.09 bits per heavy atom. The third-order valence-corrected chi connectivity index (χ3v) is 26.7. The first-order valence-electron chi connectivity index (χ1n) is 35.2. The van der Waals surface area contributed by atoms with E-state index in [4.69, 9.17) is 129 Å². The average Bonchev–Trinajstić information content (AvgIpc) is 1.38. The number of fused-ring (bicyclic) bond motifs is 10. The molecule has 474 valence electrons. The summed E-state index contributed by atoms with van der Waals surface area (Å²) in [5, 5.41) is 22.7.